The molecule has 0 aromatic heterocycles. The van der Waals surface area contributed by atoms with Crippen LogP contribution in [0.25, 0.3) is 0 Å². The summed E-state index contributed by atoms with van der Waals surface area (Å²) in [4.78, 5) is 12.4. The molecule has 1 fully saturated rings. The molecule has 0 saturated carbocycles. The van der Waals surface area contributed by atoms with Crippen LogP contribution in [-0.2, 0) is 13.1 Å². The van der Waals surface area contributed by atoms with E-state index in [4.69, 9.17) is 4.99 Å². The Morgan fingerprint density at radius 1 is 0.969 bits per heavy atom. The normalized spacial score (nSPS) is 17.0. The van der Waals surface area contributed by atoms with Gasteiger partial charge in [-0.05, 0) is 64.0 Å². The molecule has 0 bridgehead atoms. The molecule has 32 heavy (non-hydrogen) atoms. The average molecular weight is 445 g/mol. The van der Waals surface area contributed by atoms with Crippen molar-refractivity contribution in [2.24, 2.45) is 4.99 Å². The third-order valence-electron chi connectivity index (χ3n) is 6.49. The van der Waals surface area contributed by atoms with Crippen LogP contribution in [-0.4, -0.2) is 85.6 Å². The standard InChI is InChI=1S/C26H48N6/c1-6-27-26(29-23(5)11-10-16-30(7-2)8-3)28-21-24-12-14-25(15-13-24)22-32-19-17-31(9-4)18-20-32/h12-15,23H,6-11,16-22H2,1-5H3,(H2,27,28,29). The molecule has 2 N–H and O–H groups in total. The number of aliphatic imine (C=N–C) groups is 1. The first kappa shape index (κ1) is 26.6. The Morgan fingerprint density at radius 2 is 1.59 bits per heavy atom. The van der Waals surface area contributed by atoms with Crippen molar-refractivity contribution in [1.82, 2.24) is 25.3 Å². The summed E-state index contributed by atoms with van der Waals surface area (Å²) in [6, 6.07) is 9.43. The second kappa shape index (κ2) is 15.3. The van der Waals surface area contributed by atoms with E-state index in [1.54, 1.807) is 0 Å². The minimum absolute atomic E-state index is 0.416. The predicted molar refractivity (Wildman–Crippen MR) is 138 cm³/mol. The van der Waals surface area contributed by atoms with E-state index in [0.29, 0.717) is 12.6 Å². The van der Waals surface area contributed by atoms with Gasteiger partial charge in [0.2, 0.25) is 0 Å². The first-order valence-electron chi connectivity index (χ1n) is 12.9. The molecule has 1 saturated heterocycles. The summed E-state index contributed by atoms with van der Waals surface area (Å²) in [6.45, 7) is 23.1. The van der Waals surface area contributed by atoms with Gasteiger partial charge in [0.15, 0.2) is 5.96 Å². The quantitative estimate of drug-likeness (QED) is 0.361. The van der Waals surface area contributed by atoms with E-state index in [1.165, 1.54) is 56.8 Å². The predicted octanol–water partition coefficient (Wildman–Crippen LogP) is 3.39. The molecule has 1 atom stereocenters. The lowest BCUT2D eigenvalue weighted by atomic mass is 10.1. The van der Waals surface area contributed by atoms with Gasteiger partial charge in [0.25, 0.3) is 0 Å². The Hall–Kier alpha value is -1.63. The van der Waals surface area contributed by atoms with Gasteiger partial charge in [0.1, 0.15) is 0 Å². The fourth-order valence-corrected chi connectivity index (χ4v) is 4.23. The van der Waals surface area contributed by atoms with Crippen molar-refractivity contribution < 1.29 is 0 Å². The number of benzene rings is 1. The van der Waals surface area contributed by atoms with Crippen LogP contribution >= 0.6 is 0 Å². The maximum Gasteiger partial charge on any atom is 0.191 e. The van der Waals surface area contributed by atoms with Gasteiger partial charge >= 0.3 is 0 Å². The maximum atomic E-state index is 4.83. The Bertz CT molecular complexity index is 632. The minimum Gasteiger partial charge on any atom is -0.357 e. The van der Waals surface area contributed by atoms with Crippen LogP contribution in [0.15, 0.2) is 29.3 Å². The summed E-state index contributed by atoms with van der Waals surface area (Å²) in [5.41, 5.74) is 2.66. The van der Waals surface area contributed by atoms with Crippen LogP contribution < -0.4 is 10.6 Å². The van der Waals surface area contributed by atoms with Gasteiger partial charge in [0.05, 0.1) is 6.54 Å². The second-order valence-electron chi connectivity index (χ2n) is 8.94. The van der Waals surface area contributed by atoms with Gasteiger partial charge in [-0.1, -0.05) is 45.0 Å². The topological polar surface area (TPSA) is 46.1 Å². The summed E-state index contributed by atoms with van der Waals surface area (Å²) in [7, 11) is 0. The van der Waals surface area contributed by atoms with Crippen molar-refractivity contribution in [3.63, 3.8) is 0 Å². The van der Waals surface area contributed by atoms with E-state index in [9.17, 15) is 0 Å². The third kappa shape index (κ3) is 9.88. The molecule has 1 unspecified atom stereocenters. The largest absolute Gasteiger partial charge is 0.357 e. The lowest BCUT2D eigenvalue weighted by molar-refractivity contribution is 0.132. The number of hydrogen-bond donors (Lipinski definition) is 2. The molecule has 182 valence electrons. The highest BCUT2D eigenvalue weighted by molar-refractivity contribution is 5.80. The zero-order valence-corrected chi connectivity index (χ0v) is 21.4. The van der Waals surface area contributed by atoms with Crippen molar-refractivity contribution in [1.29, 1.82) is 0 Å². The van der Waals surface area contributed by atoms with Gasteiger partial charge in [-0.2, -0.15) is 0 Å². The molecule has 6 nitrogen and oxygen atoms in total. The molecule has 0 spiro atoms. The molecule has 1 aliphatic heterocycles. The number of hydrogen-bond acceptors (Lipinski definition) is 4. The Morgan fingerprint density at radius 3 is 2.19 bits per heavy atom. The minimum atomic E-state index is 0.416. The molecular weight excluding hydrogens is 396 g/mol. The Kier molecular flexibility index (Phi) is 12.7. The highest BCUT2D eigenvalue weighted by Gasteiger charge is 2.15. The van der Waals surface area contributed by atoms with Gasteiger partial charge < -0.3 is 20.4 Å². The van der Waals surface area contributed by atoms with E-state index in [0.717, 1.165) is 38.6 Å². The fraction of sp³-hybridized carbons (Fsp3) is 0.731. The maximum absolute atomic E-state index is 4.83. The van der Waals surface area contributed by atoms with Crippen LogP contribution in [0.2, 0.25) is 0 Å². The molecule has 0 radical (unpaired) electrons. The van der Waals surface area contributed by atoms with Crippen molar-refractivity contribution in [3.05, 3.63) is 35.4 Å². The van der Waals surface area contributed by atoms with Crippen molar-refractivity contribution in [2.75, 3.05) is 58.9 Å². The number of likely N-dealkylation sites (N-methyl/N-ethyl adjacent to an activating group) is 1. The summed E-state index contributed by atoms with van der Waals surface area (Å²) < 4.78 is 0. The summed E-state index contributed by atoms with van der Waals surface area (Å²) in [5, 5.41) is 6.98. The first-order valence-corrected chi connectivity index (χ1v) is 12.9. The van der Waals surface area contributed by atoms with Crippen molar-refractivity contribution >= 4 is 5.96 Å². The lowest BCUT2D eigenvalue weighted by Gasteiger charge is -2.34. The summed E-state index contributed by atoms with van der Waals surface area (Å²) in [6.07, 6.45) is 2.37. The molecule has 6 heteroatoms. The van der Waals surface area contributed by atoms with Crippen LogP contribution in [0.5, 0.6) is 0 Å². The Balaban J connectivity index is 1.79. The number of piperazine rings is 1. The SMILES string of the molecule is CCNC(=NCc1ccc(CN2CCN(CC)CC2)cc1)NC(C)CCCN(CC)CC. The van der Waals surface area contributed by atoms with Crippen LogP contribution in [0.3, 0.4) is 0 Å². The van der Waals surface area contributed by atoms with Crippen LogP contribution in [0.1, 0.15) is 58.6 Å². The van der Waals surface area contributed by atoms with Crippen molar-refractivity contribution in [2.45, 2.75) is 66.6 Å². The second-order valence-corrected chi connectivity index (χ2v) is 8.94. The smallest absolute Gasteiger partial charge is 0.191 e. The summed E-state index contributed by atoms with van der Waals surface area (Å²) in [5.74, 6) is 0.917. The molecular formula is C26H48N6. The van der Waals surface area contributed by atoms with E-state index >= 15 is 0 Å². The Labute approximate surface area is 197 Å². The van der Waals surface area contributed by atoms with E-state index in [1.807, 2.05) is 0 Å². The molecule has 1 aromatic carbocycles. The highest BCUT2D eigenvalue weighted by Crippen LogP contribution is 2.11. The number of guanidine groups is 1. The van der Waals surface area contributed by atoms with E-state index < -0.39 is 0 Å². The number of nitrogens with zero attached hydrogens (tertiary/aromatic N) is 4. The molecule has 2 rings (SSSR count). The van der Waals surface area contributed by atoms with Gasteiger partial charge in [-0.15, -0.1) is 0 Å². The lowest BCUT2D eigenvalue weighted by Crippen LogP contribution is -2.45. The van der Waals surface area contributed by atoms with Crippen molar-refractivity contribution in [3.8, 4) is 0 Å². The monoisotopic (exact) mass is 444 g/mol. The van der Waals surface area contributed by atoms with Crippen LogP contribution in [0.4, 0.5) is 0 Å². The van der Waals surface area contributed by atoms with Crippen LogP contribution in [0, 0.1) is 0 Å². The van der Waals surface area contributed by atoms with E-state index in [2.05, 4.69) is 84.2 Å². The first-order chi connectivity index (χ1) is 15.6. The number of nitrogens with one attached hydrogen (secondary N) is 2. The molecule has 1 aromatic rings. The molecule has 1 aliphatic rings. The average Bonchev–Trinajstić information content (AvgIpc) is 2.82. The molecule has 0 amide bonds. The highest BCUT2D eigenvalue weighted by atomic mass is 15.3. The van der Waals surface area contributed by atoms with Gasteiger partial charge in [-0.3, -0.25) is 4.90 Å². The van der Waals surface area contributed by atoms with E-state index in [-0.39, 0.29) is 0 Å². The molecule has 1 heterocycles. The molecule has 0 aliphatic carbocycles. The summed E-state index contributed by atoms with van der Waals surface area (Å²) >= 11 is 0. The van der Waals surface area contributed by atoms with Gasteiger partial charge in [-0.25, -0.2) is 4.99 Å². The fourth-order valence-electron chi connectivity index (χ4n) is 4.23. The zero-order chi connectivity index (χ0) is 23.2. The third-order valence-corrected chi connectivity index (χ3v) is 6.49. The van der Waals surface area contributed by atoms with Gasteiger partial charge in [0, 0.05) is 45.3 Å². The number of rotatable bonds is 13. The zero-order valence-electron chi connectivity index (χ0n) is 21.4.